The van der Waals surface area contributed by atoms with E-state index in [4.69, 9.17) is 13.8 Å². The third-order valence-corrected chi connectivity index (χ3v) is 4.93. The van der Waals surface area contributed by atoms with Crippen molar-refractivity contribution in [3.8, 4) is 0 Å². The fourth-order valence-electron chi connectivity index (χ4n) is 2.35. The molecule has 24 heavy (non-hydrogen) atoms. The summed E-state index contributed by atoms with van der Waals surface area (Å²) in [6.45, 7) is 2.85. The van der Waals surface area contributed by atoms with Gasteiger partial charge in [-0.15, -0.1) is 0 Å². The van der Waals surface area contributed by atoms with Gasteiger partial charge in [0.05, 0.1) is 18.1 Å². The van der Waals surface area contributed by atoms with Crippen LogP contribution in [0.2, 0.25) is 0 Å². The predicted molar refractivity (Wildman–Crippen MR) is 91.2 cm³/mol. The topological polar surface area (TPSA) is 118 Å². The lowest BCUT2D eigenvalue weighted by atomic mass is 10.0. The van der Waals surface area contributed by atoms with Crippen molar-refractivity contribution in [2.45, 2.75) is 39.2 Å². The second-order valence-corrected chi connectivity index (χ2v) is 8.72. The van der Waals surface area contributed by atoms with E-state index in [9.17, 15) is 16.8 Å². The molecule has 0 spiro atoms. The van der Waals surface area contributed by atoms with Crippen molar-refractivity contribution in [1.82, 2.24) is 0 Å². The van der Waals surface area contributed by atoms with E-state index in [1.54, 1.807) is 0 Å². The molecule has 138 valence electrons. The van der Waals surface area contributed by atoms with Gasteiger partial charge in [-0.2, -0.15) is 16.8 Å². The van der Waals surface area contributed by atoms with Gasteiger partial charge in [-0.25, -0.2) is 0 Å². The van der Waals surface area contributed by atoms with Crippen LogP contribution in [0.1, 0.15) is 36.5 Å². The highest BCUT2D eigenvalue weighted by molar-refractivity contribution is 7.86. The van der Waals surface area contributed by atoms with E-state index in [2.05, 4.69) is 0 Å². The third kappa shape index (κ3) is 9.99. The maximum absolute atomic E-state index is 10.8. The Morgan fingerprint density at radius 3 is 1.62 bits per heavy atom. The summed E-state index contributed by atoms with van der Waals surface area (Å²) in [4.78, 5) is 0. The van der Waals surface area contributed by atoms with Gasteiger partial charge in [0, 0.05) is 6.61 Å². The molecular weight excluding hydrogens is 356 g/mol. The second-order valence-electron chi connectivity index (χ2n) is 5.57. The normalized spacial score (nSPS) is 12.5. The number of hydrogen-bond acceptors (Lipinski definition) is 5. The van der Waals surface area contributed by atoms with Crippen LogP contribution in [0.5, 0.6) is 0 Å². The summed E-state index contributed by atoms with van der Waals surface area (Å²) in [6, 6.07) is 5.70. The van der Waals surface area contributed by atoms with Gasteiger partial charge in [0.25, 0.3) is 20.2 Å². The maximum atomic E-state index is 10.8. The molecule has 0 bridgehead atoms. The summed E-state index contributed by atoms with van der Waals surface area (Å²) in [6.07, 6.45) is 1.54. The molecule has 0 fully saturated rings. The Labute approximate surface area is 143 Å². The minimum Gasteiger partial charge on any atom is -0.377 e. The van der Waals surface area contributed by atoms with Crippen molar-refractivity contribution in [3.05, 3.63) is 34.9 Å². The average Bonchev–Trinajstić information content (AvgIpc) is 2.42. The molecular formula is C15H24O7S2. The Morgan fingerprint density at radius 1 is 0.833 bits per heavy atom. The van der Waals surface area contributed by atoms with Gasteiger partial charge in [-0.1, -0.05) is 18.2 Å². The zero-order chi connectivity index (χ0) is 18.2. The van der Waals surface area contributed by atoms with Gasteiger partial charge >= 0.3 is 0 Å². The average molecular weight is 380 g/mol. The Balaban J connectivity index is 2.78. The highest BCUT2D eigenvalue weighted by Crippen LogP contribution is 2.16. The molecule has 0 amide bonds. The van der Waals surface area contributed by atoms with Crippen molar-refractivity contribution >= 4 is 20.2 Å². The van der Waals surface area contributed by atoms with Crippen LogP contribution >= 0.6 is 0 Å². The van der Waals surface area contributed by atoms with E-state index < -0.39 is 20.2 Å². The lowest BCUT2D eigenvalue weighted by Gasteiger charge is -2.10. The minimum atomic E-state index is -3.98. The van der Waals surface area contributed by atoms with E-state index in [0.717, 1.165) is 16.7 Å². The monoisotopic (exact) mass is 380 g/mol. The molecule has 9 heteroatoms. The molecule has 0 radical (unpaired) electrons. The molecule has 0 saturated carbocycles. The molecule has 0 heterocycles. The summed E-state index contributed by atoms with van der Waals surface area (Å²) < 4.78 is 66.1. The zero-order valence-electron chi connectivity index (χ0n) is 13.6. The summed E-state index contributed by atoms with van der Waals surface area (Å²) >= 11 is 0. The van der Waals surface area contributed by atoms with Crippen LogP contribution in [0, 0.1) is 0 Å². The molecule has 7 nitrogen and oxygen atoms in total. The number of hydrogen-bond donors (Lipinski definition) is 2. The summed E-state index contributed by atoms with van der Waals surface area (Å²) in [5.74, 6) is -0.610. The van der Waals surface area contributed by atoms with Gasteiger partial charge in [0.15, 0.2) is 0 Å². The SMILES string of the molecule is CCOCc1cc(CCCS(=O)(=O)O)cc(CCCS(=O)(=O)O)c1. The first-order valence-electron chi connectivity index (χ1n) is 7.69. The van der Waals surface area contributed by atoms with Crippen LogP contribution in [0.25, 0.3) is 0 Å². The lowest BCUT2D eigenvalue weighted by molar-refractivity contribution is 0.134. The van der Waals surface area contributed by atoms with Gasteiger partial charge in [0.2, 0.25) is 0 Å². The third-order valence-electron chi connectivity index (χ3n) is 3.32. The molecule has 2 N–H and O–H groups in total. The molecule has 0 atom stereocenters. The van der Waals surface area contributed by atoms with Gasteiger partial charge in [-0.3, -0.25) is 9.11 Å². The molecule has 0 aliphatic heterocycles. The van der Waals surface area contributed by atoms with Crippen molar-refractivity contribution < 1.29 is 30.7 Å². The smallest absolute Gasteiger partial charge is 0.264 e. The zero-order valence-corrected chi connectivity index (χ0v) is 15.3. The fourth-order valence-corrected chi connectivity index (χ4v) is 3.37. The first-order chi connectivity index (χ1) is 11.1. The summed E-state index contributed by atoms with van der Waals surface area (Å²) in [5, 5.41) is 0. The van der Waals surface area contributed by atoms with E-state index in [0.29, 0.717) is 38.9 Å². The first kappa shape index (κ1) is 21.0. The number of rotatable bonds is 11. The van der Waals surface area contributed by atoms with E-state index in [1.165, 1.54) is 0 Å². The quantitative estimate of drug-likeness (QED) is 0.563. The molecule has 0 aliphatic carbocycles. The number of aryl methyl sites for hydroxylation is 2. The lowest BCUT2D eigenvalue weighted by Crippen LogP contribution is -2.06. The van der Waals surface area contributed by atoms with E-state index in [1.807, 2.05) is 25.1 Å². The van der Waals surface area contributed by atoms with Crippen LogP contribution in [-0.2, 0) is 44.4 Å². The van der Waals surface area contributed by atoms with Crippen molar-refractivity contribution in [2.75, 3.05) is 18.1 Å². The van der Waals surface area contributed by atoms with Crippen LogP contribution in [0.4, 0.5) is 0 Å². The van der Waals surface area contributed by atoms with Gasteiger partial charge in [0.1, 0.15) is 0 Å². The van der Waals surface area contributed by atoms with Gasteiger partial charge < -0.3 is 4.74 Å². The molecule has 1 aromatic carbocycles. The largest absolute Gasteiger partial charge is 0.377 e. The molecule has 0 aliphatic rings. The minimum absolute atomic E-state index is 0.293. The second kappa shape index (κ2) is 9.47. The molecule has 0 saturated heterocycles. The first-order valence-corrected chi connectivity index (χ1v) is 10.9. The van der Waals surface area contributed by atoms with Crippen molar-refractivity contribution in [1.29, 1.82) is 0 Å². The number of benzene rings is 1. The molecule has 0 aromatic heterocycles. The highest BCUT2D eigenvalue weighted by Gasteiger charge is 2.08. The highest BCUT2D eigenvalue weighted by atomic mass is 32.2. The van der Waals surface area contributed by atoms with E-state index in [-0.39, 0.29) is 11.5 Å². The van der Waals surface area contributed by atoms with Crippen molar-refractivity contribution in [3.63, 3.8) is 0 Å². The Hall–Kier alpha value is -1.00. The fraction of sp³-hybridized carbons (Fsp3) is 0.600. The van der Waals surface area contributed by atoms with E-state index >= 15 is 0 Å². The van der Waals surface area contributed by atoms with Gasteiger partial charge in [-0.05, 0) is 49.3 Å². The summed E-state index contributed by atoms with van der Waals surface area (Å²) in [7, 11) is -7.96. The van der Waals surface area contributed by atoms with Crippen LogP contribution in [0.3, 0.4) is 0 Å². The van der Waals surface area contributed by atoms with Crippen molar-refractivity contribution in [2.24, 2.45) is 0 Å². The maximum Gasteiger partial charge on any atom is 0.264 e. The Morgan fingerprint density at radius 2 is 1.25 bits per heavy atom. The molecule has 1 rings (SSSR count). The number of ether oxygens (including phenoxy) is 1. The van der Waals surface area contributed by atoms with Crippen LogP contribution < -0.4 is 0 Å². The molecule has 0 unspecified atom stereocenters. The summed E-state index contributed by atoms with van der Waals surface area (Å²) in [5.41, 5.74) is 2.72. The molecule has 1 aromatic rings. The standard InChI is InChI=1S/C15H24O7S2/c1-2-22-12-15-10-13(5-3-7-23(16,17)18)9-14(11-15)6-4-8-24(19,20)21/h9-11H,2-8,12H2,1H3,(H,16,17,18)(H,19,20,21). The Kier molecular flexibility index (Phi) is 8.31. The van der Waals surface area contributed by atoms with Crippen LogP contribution in [0.15, 0.2) is 18.2 Å². The Bertz CT molecular complexity index is 668. The predicted octanol–water partition coefficient (Wildman–Crippen LogP) is 1.86. The van der Waals surface area contributed by atoms with Crippen LogP contribution in [-0.4, -0.2) is 44.1 Å².